The minimum absolute atomic E-state index is 0.190. The van der Waals surface area contributed by atoms with E-state index in [2.05, 4.69) is 13.2 Å². The van der Waals surface area contributed by atoms with E-state index >= 15 is 0 Å². The van der Waals surface area contributed by atoms with Gasteiger partial charge >= 0.3 is 6.18 Å². The van der Waals surface area contributed by atoms with E-state index < -0.39 is 12.1 Å². The lowest BCUT2D eigenvalue weighted by atomic mass is 10.0. The highest BCUT2D eigenvalue weighted by atomic mass is 19.4. The molecule has 0 aliphatic rings. The van der Waals surface area contributed by atoms with Gasteiger partial charge in [0.15, 0.2) is 0 Å². The maximum atomic E-state index is 11.8. The minimum atomic E-state index is -4.55. The van der Waals surface area contributed by atoms with Gasteiger partial charge in [0.1, 0.15) is 12.2 Å². The van der Waals surface area contributed by atoms with Crippen LogP contribution < -0.4 is 0 Å². The van der Waals surface area contributed by atoms with Crippen LogP contribution in [0.3, 0.4) is 0 Å². The second-order valence-electron chi connectivity index (χ2n) is 1.93. The van der Waals surface area contributed by atoms with Gasteiger partial charge in [-0.15, -0.1) is 0 Å². The van der Waals surface area contributed by atoms with Crippen molar-refractivity contribution in [3.05, 3.63) is 24.8 Å². The summed E-state index contributed by atoms with van der Waals surface area (Å²) in [6.45, 7) is 6.13. The summed E-state index contributed by atoms with van der Waals surface area (Å²) in [5, 5.41) is 0. The summed E-state index contributed by atoms with van der Waals surface area (Å²) >= 11 is 0. The van der Waals surface area contributed by atoms with E-state index in [4.69, 9.17) is 0 Å². The van der Waals surface area contributed by atoms with Gasteiger partial charge in [-0.25, -0.2) is 0 Å². The molecule has 0 heterocycles. The number of rotatable bonds is 3. The Morgan fingerprint density at radius 1 is 1.45 bits per heavy atom. The summed E-state index contributed by atoms with van der Waals surface area (Å²) in [6.07, 6.45) is -3.82. The quantitative estimate of drug-likeness (QED) is 0.461. The van der Waals surface area contributed by atoms with Crippen molar-refractivity contribution < 1.29 is 18.0 Å². The van der Waals surface area contributed by atoms with Gasteiger partial charge in [0.25, 0.3) is 0 Å². The number of hydrogen-bond acceptors (Lipinski definition) is 1. The van der Waals surface area contributed by atoms with E-state index in [9.17, 15) is 18.0 Å². The number of halogens is 3. The standard InChI is InChI=1S/C7H7F3O/c1-3-5(2)6(4-11)7(8,9)10/h3-4,6H,1-2H2. The third-order valence-corrected chi connectivity index (χ3v) is 1.15. The zero-order valence-electron chi connectivity index (χ0n) is 5.69. The van der Waals surface area contributed by atoms with Gasteiger partial charge in [-0.1, -0.05) is 19.2 Å². The maximum absolute atomic E-state index is 11.8. The first-order valence-corrected chi connectivity index (χ1v) is 2.76. The average molecular weight is 164 g/mol. The summed E-state index contributed by atoms with van der Waals surface area (Å²) in [7, 11) is 0. The molecule has 62 valence electrons. The van der Waals surface area contributed by atoms with Crippen LogP contribution in [0.15, 0.2) is 24.8 Å². The fourth-order valence-corrected chi connectivity index (χ4v) is 0.502. The molecule has 1 unspecified atom stereocenters. The lowest BCUT2D eigenvalue weighted by Crippen LogP contribution is -2.24. The molecule has 0 aliphatic carbocycles. The Hall–Kier alpha value is -1.06. The molecule has 0 aliphatic heterocycles. The molecule has 0 saturated carbocycles. The molecule has 11 heavy (non-hydrogen) atoms. The molecule has 0 bridgehead atoms. The third-order valence-electron chi connectivity index (χ3n) is 1.15. The normalized spacial score (nSPS) is 13.7. The second-order valence-corrected chi connectivity index (χ2v) is 1.93. The van der Waals surface area contributed by atoms with E-state index in [1.807, 2.05) is 0 Å². The van der Waals surface area contributed by atoms with Crippen LogP contribution >= 0.6 is 0 Å². The van der Waals surface area contributed by atoms with Crippen molar-refractivity contribution in [2.75, 3.05) is 0 Å². The van der Waals surface area contributed by atoms with Crippen molar-refractivity contribution in [2.45, 2.75) is 6.18 Å². The van der Waals surface area contributed by atoms with Gasteiger partial charge < -0.3 is 4.79 Å². The molecular weight excluding hydrogens is 157 g/mol. The number of allylic oxidation sites excluding steroid dienone is 2. The van der Waals surface area contributed by atoms with Crippen LogP contribution in [-0.2, 0) is 4.79 Å². The van der Waals surface area contributed by atoms with Crippen LogP contribution in [0.1, 0.15) is 0 Å². The van der Waals surface area contributed by atoms with Crippen LogP contribution in [-0.4, -0.2) is 12.5 Å². The topological polar surface area (TPSA) is 17.1 Å². The van der Waals surface area contributed by atoms with Gasteiger partial charge in [0.05, 0.1) is 0 Å². The first kappa shape index (κ1) is 9.94. The Morgan fingerprint density at radius 2 is 1.91 bits per heavy atom. The third kappa shape index (κ3) is 2.57. The van der Waals surface area contributed by atoms with E-state index in [1.54, 1.807) is 0 Å². The maximum Gasteiger partial charge on any atom is 0.402 e. The molecular formula is C7H7F3O. The van der Waals surface area contributed by atoms with Crippen LogP contribution in [0.2, 0.25) is 0 Å². The molecule has 0 radical (unpaired) electrons. The minimum Gasteiger partial charge on any atom is -0.302 e. The molecule has 0 aromatic rings. The van der Waals surface area contributed by atoms with Crippen molar-refractivity contribution in [3.63, 3.8) is 0 Å². The molecule has 0 fully saturated rings. The van der Waals surface area contributed by atoms with Crippen LogP contribution in [0.4, 0.5) is 13.2 Å². The molecule has 0 amide bonds. The molecule has 0 saturated heterocycles. The van der Waals surface area contributed by atoms with Gasteiger partial charge in [-0.2, -0.15) is 13.2 Å². The summed E-state index contributed by atoms with van der Waals surface area (Å²) in [5.41, 5.74) is -0.326. The lowest BCUT2D eigenvalue weighted by Gasteiger charge is -2.13. The van der Waals surface area contributed by atoms with Crippen LogP contribution in [0, 0.1) is 5.92 Å². The van der Waals surface area contributed by atoms with Crippen molar-refractivity contribution in [3.8, 4) is 0 Å². The van der Waals surface area contributed by atoms with Crippen LogP contribution in [0.25, 0.3) is 0 Å². The van der Waals surface area contributed by atoms with E-state index in [-0.39, 0.29) is 11.9 Å². The summed E-state index contributed by atoms with van der Waals surface area (Å²) in [5.74, 6) is -2.11. The number of carbonyl (C=O) groups is 1. The molecule has 4 heteroatoms. The molecule has 1 atom stereocenters. The number of alkyl halides is 3. The van der Waals surface area contributed by atoms with Gasteiger partial charge in [-0.05, 0) is 5.57 Å². The van der Waals surface area contributed by atoms with Gasteiger partial charge in [0.2, 0.25) is 0 Å². The Morgan fingerprint density at radius 3 is 2.00 bits per heavy atom. The first-order valence-electron chi connectivity index (χ1n) is 2.76. The smallest absolute Gasteiger partial charge is 0.302 e. The first-order chi connectivity index (χ1) is 4.93. The highest BCUT2D eigenvalue weighted by Crippen LogP contribution is 2.29. The summed E-state index contributed by atoms with van der Waals surface area (Å²) in [6, 6.07) is 0. The van der Waals surface area contributed by atoms with E-state index in [0.717, 1.165) is 6.08 Å². The van der Waals surface area contributed by atoms with Gasteiger partial charge in [0, 0.05) is 0 Å². The molecule has 1 nitrogen and oxygen atoms in total. The van der Waals surface area contributed by atoms with Crippen LogP contribution in [0.5, 0.6) is 0 Å². The predicted molar refractivity (Wildman–Crippen MR) is 34.9 cm³/mol. The number of carbonyl (C=O) groups excluding carboxylic acids is 1. The number of hydrogen-bond donors (Lipinski definition) is 0. The fraction of sp³-hybridized carbons (Fsp3) is 0.286. The Bertz CT molecular complexity index is 181. The monoisotopic (exact) mass is 164 g/mol. The molecule has 0 rings (SSSR count). The zero-order valence-corrected chi connectivity index (χ0v) is 5.69. The lowest BCUT2D eigenvalue weighted by molar-refractivity contribution is -0.165. The van der Waals surface area contributed by atoms with E-state index in [0.29, 0.717) is 0 Å². The van der Waals surface area contributed by atoms with E-state index in [1.165, 1.54) is 0 Å². The van der Waals surface area contributed by atoms with Crippen molar-refractivity contribution in [2.24, 2.45) is 5.92 Å². The zero-order chi connectivity index (χ0) is 9.07. The largest absolute Gasteiger partial charge is 0.402 e. The Balaban J connectivity index is 4.54. The summed E-state index contributed by atoms with van der Waals surface area (Å²) in [4.78, 5) is 9.92. The fourth-order valence-electron chi connectivity index (χ4n) is 0.502. The Labute approximate surface area is 62.2 Å². The second kappa shape index (κ2) is 3.37. The molecule has 0 N–H and O–H groups in total. The molecule has 0 spiro atoms. The van der Waals surface area contributed by atoms with Crippen molar-refractivity contribution in [1.29, 1.82) is 0 Å². The highest BCUT2D eigenvalue weighted by molar-refractivity contribution is 5.61. The summed E-state index contributed by atoms with van der Waals surface area (Å²) < 4.78 is 35.5. The molecule has 0 aromatic heterocycles. The SMILES string of the molecule is C=CC(=C)C(C=O)C(F)(F)F. The highest BCUT2D eigenvalue weighted by Gasteiger charge is 2.40. The number of aldehydes is 1. The Kier molecular flexibility index (Phi) is 3.04. The molecule has 0 aromatic carbocycles. The van der Waals surface area contributed by atoms with Crippen molar-refractivity contribution in [1.82, 2.24) is 0 Å². The van der Waals surface area contributed by atoms with Gasteiger partial charge in [-0.3, -0.25) is 0 Å². The van der Waals surface area contributed by atoms with Crippen molar-refractivity contribution >= 4 is 6.29 Å². The average Bonchev–Trinajstić information content (AvgIpc) is 1.86. The predicted octanol–water partition coefficient (Wildman–Crippen LogP) is 2.11.